The van der Waals surface area contributed by atoms with E-state index in [2.05, 4.69) is 21.9 Å². The maximum Gasteiger partial charge on any atom is 0.387 e. The number of halogens is 2. The first-order chi connectivity index (χ1) is 10.1. The summed E-state index contributed by atoms with van der Waals surface area (Å²) >= 11 is 5.46. The van der Waals surface area contributed by atoms with Crippen LogP contribution in [0.25, 0.3) is 0 Å². The van der Waals surface area contributed by atoms with Crippen molar-refractivity contribution in [2.75, 3.05) is 11.9 Å². The van der Waals surface area contributed by atoms with Crippen molar-refractivity contribution in [2.24, 2.45) is 0 Å². The van der Waals surface area contributed by atoms with E-state index in [9.17, 15) is 8.78 Å². The Kier molecular flexibility index (Phi) is 5.73. The fraction of sp³-hybridized carbons (Fsp3) is 0.533. The van der Waals surface area contributed by atoms with Crippen molar-refractivity contribution in [1.29, 1.82) is 0 Å². The predicted molar refractivity (Wildman–Crippen MR) is 83.9 cm³/mol. The van der Waals surface area contributed by atoms with Crippen molar-refractivity contribution in [3.8, 4) is 5.75 Å². The van der Waals surface area contributed by atoms with Gasteiger partial charge in [-0.3, -0.25) is 0 Å². The Bertz CT molecular complexity index is 467. The third-order valence-electron chi connectivity index (χ3n) is 3.64. The Morgan fingerprint density at radius 1 is 1.29 bits per heavy atom. The maximum absolute atomic E-state index is 12.1. The minimum Gasteiger partial charge on any atom is -0.435 e. The second-order valence-electron chi connectivity index (χ2n) is 5.22. The van der Waals surface area contributed by atoms with Crippen molar-refractivity contribution < 1.29 is 13.5 Å². The summed E-state index contributed by atoms with van der Waals surface area (Å²) in [6.07, 6.45) is 4.76. The lowest BCUT2D eigenvalue weighted by atomic mass is 10.1. The van der Waals surface area contributed by atoms with Crippen LogP contribution in [-0.4, -0.2) is 29.2 Å². The van der Waals surface area contributed by atoms with Gasteiger partial charge in [0.05, 0.1) is 0 Å². The summed E-state index contributed by atoms with van der Waals surface area (Å²) in [6.45, 7) is 0.334. The van der Waals surface area contributed by atoms with Gasteiger partial charge in [0, 0.05) is 18.3 Å². The number of thiocarbonyl (C=S) groups is 1. The molecule has 0 radical (unpaired) electrons. The van der Waals surface area contributed by atoms with Gasteiger partial charge in [0.25, 0.3) is 0 Å². The number of alkyl halides is 2. The summed E-state index contributed by atoms with van der Waals surface area (Å²) in [4.78, 5) is 2.20. The molecule has 1 aromatic carbocycles. The van der Waals surface area contributed by atoms with Gasteiger partial charge >= 0.3 is 6.61 Å². The molecule has 1 heterocycles. The van der Waals surface area contributed by atoms with E-state index in [0.29, 0.717) is 11.2 Å². The van der Waals surface area contributed by atoms with E-state index in [1.807, 2.05) is 0 Å². The van der Waals surface area contributed by atoms with Gasteiger partial charge in [-0.2, -0.15) is 8.78 Å². The Hall–Kier alpha value is -1.43. The zero-order valence-corrected chi connectivity index (χ0v) is 12.8. The fourth-order valence-corrected chi connectivity index (χ4v) is 2.88. The highest BCUT2D eigenvalue weighted by Crippen LogP contribution is 2.20. The van der Waals surface area contributed by atoms with Crippen molar-refractivity contribution >= 4 is 23.0 Å². The topological polar surface area (TPSA) is 24.5 Å². The Labute approximate surface area is 129 Å². The minimum absolute atomic E-state index is 0.143. The number of ether oxygens (including phenoxy) is 1. The quantitative estimate of drug-likeness (QED) is 0.843. The minimum atomic E-state index is -2.80. The standard InChI is InChI=1S/C15H20F2N2OS/c1-11-5-3-2-4-10-19(11)15(21)18-12-6-8-13(9-7-12)20-14(16)17/h6-9,11,14H,2-5,10H2,1H3,(H,18,21). The molecule has 2 rings (SSSR count). The molecule has 1 atom stereocenters. The smallest absolute Gasteiger partial charge is 0.387 e. The maximum atomic E-state index is 12.1. The fourth-order valence-electron chi connectivity index (χ4n) is 2.49. The molecule has 1 aliphatic rings. The van der Waals surface area contributed by atoms with Crippen molar-refractivity contribution in [3.05, 3.63) is 24.3 Å². The molecule has 1 aromatic rings. The first-order valence-electron chi connectivity index (χ1n) is 7.19. The Balaban J connectivity index is 1.95. The molecule has 3 nitrogen and oxygen atoms in total. The summed E-state index contributed by atoms with van der Waals surface area (Å²) in [5.41, 5.74) is 0.776. The van der Waals surface area contributed by atoms with Crippen LogP contribution in [0.1, 0.15) is 32.6 Å². The van der Waals surface area contributed by atoms with Crippen molar-refractivity contribution in [3.63, 3.8) is 0 Å². The number of hydrogen-bond acceptors (Lipinski definition) is 2. The van der Waals surface area contributed by atoms with E-state index in [4.69, 9.17) is 12.2 Å². The molecule has 0 bridgehead atoms. The van der Waals surface area contributed by atoms with Crippen LogP contribution in [0.3, 0.4) is 0 Å². The second kappa shape index (κ2) is 7.54. The summed E-state index contributed by atoms with van der Waals surface area (Å²) in [7, 11) is 0. The van der Waals surface area contributed by atoms with E-state index in [0.717, 1.165) is 25.1 Å². The molecule has 0 amide bonds. The molecule has 1 saturated heterocycles. The van der Waals surface area contributed by atoms with Gasteiger partial charge in [-0.25, -0.2) is 0 Å². The average molecular weight is 314 g/mol. The highest BCUT2D eigenvalue weighted by Gasteiger charge is 2.19. The summed E-state index contributed by atoms with van der Waals surface area (Å²) in [5, 5.41) is 3.85. The SMILES string of the molecule is CC1CCCCCN1C(=S)Nc1ccc(OC(F)F)cc1. The number of anilines is 1. The zero-order valence-electron chi connectivity index (χ0n) is 12.0. The Morgan fingerprint density at radius 3 is 2.67 bits per heavy atom. The first kappa shape index (κ1) is 15.9. The van der Waals surface area contributed by atoms with Crippen LogP contribution in [0, 0.1) is 0 Å². The van der Waals surface area contributed by atoms with E-state index in [-0.39, 0.29) is 5.75 Å². The Morgan fingerprint density at radius 2 is 2.00 bits per heavy atom. The molecular weight excluding hydrogens is 294 g/mol. The molecule has 0 saturated carbocycles. The predicted octanol–water partition coefficient (Wildman–Crippen LogP) is 4.25. The molecular formula is C15H20F2N2OS. The third kappa shape index (κ3) is 4.81. The zero-order chi connectivity index (χ0) is 15.2. The number of rotatable bonds is 3. The van der Waals surface area contributed by atoms with E-state index < -0.39 is 6.61 Å². The molecule has 0 aliphatic carbocycles. The van der Waals surface area contributed by atoms with Gasteiger partial charge < -0.3 is 15.0 Å². The van der Waals surface area contributed by atoms with E-state index >= 15 is 0 Å². The monoisotopic (exact) mass is 314 g/mol. The van der Waals surface area contributed by atoms with Gasteiger partial charge in [-0.1, -0.05) is 12.8 Å². The number of likely N-dealkylation sites (tertiary alicyclic amines) is 1. The lowest BCUT2D eigenvalue weighted by Crippen LogP contribution is -2.40. The van der Waals surface area contributed by atoms with Gasteiger partial charge in [-0.15, -0.1) is 0 Å². The summed E-state index contributed by atoms with van der Waals surface area (Å²) in [6, 6.07) is 6.80. The molecule has 1 fully saturated rings. The first-order valence-corrected chi connectivity index (χ1v) is 7.59. The number of benzene rings is 1. The second-order valence-corrected chi connectivity index (χ2v) is 5.61. The third-order valence-corrected chi connectivity index (χ3v) is 3.98. The van der Waals surface area contributed by atoms with Gasteiger partial charge in [0.2, 0.25) is 0 Å². The molecule has 116 valence electrons. The molecule has 0 spiro atoms. The largest absolute Gasteiger partial charge is 0.435 e. The number of nitrogens with zero attached hydrogens (tertiary/aromatic N) is 1. The molecule has 21 heavy (non-hydrogen) atoms. The van der Waals surface area contributed by atoms with E-state index in [1.165, 1.54) is 25.0 Å². The molecule has 6 heteroatoms. The normalized spacial score (nSPS) is 19.2. The van der Waals surface area contributed by atoms with Gasteiger partial charge in [-0.05, 0) is 56.2 Å². The van der Waals surface area contributed by atoms with Crippen LogP contribution in [0.5, 0.6) is 5.75 Å². The molecule has 1 aliphatic heterocycles. The van der Waals surface area contributed by atoms with E-state index in [1.54, 1.807) is 12.1 Å². The summed E-state index contributed by atoms with van der Waals surface area (Å²) < 4.78 is 28.5. The van der Waals surface area contributed by atoms with Crippen LogP contribution >= 0.6 is 12.2 Å². The van der Waals surface area contributed by atoms with Gasteiger partial charge in [0.15, 0.2) is 5.11 Å². The van der Waals surface area contributed by atoms with Gasteiger partial charge in [0.1, 0.15) is 5.75 Å². The van der Waals surface area contributed by atoms with Crippen LogP contribution in [0.15, 0.2) is 24.3 Å². The molecule has 1 unspecified atom stereocenters. The van der Waals surface area contributed by atoms with Crippen molar-refractivity contribution in [1.82, 2.24) is 4.90 Å². The number of hydrogen-bond donors (Lipinski definition) is 1. The highest BCUT2D eigenvalue weighted by molar-refractivity contribution is 7.80. The number of nitrogens with one attached hydrogen (secondary N) is 1. The van der Waals surface area contributed by atoms with Crippen LogP contribution < -0.4 is 10.1 Å². The average Bonchev–Trinajstić information content (AvgIpc) is 2.65. The lowest BCUT2D eigenvalue weighted by molar-refractivity contribution is -0.0498. The lowest BCUT2D eigenvalue weighted by Gasteiger charge is -2.30. The van der Waals surface area contributed by atoms with Crippen molar-refractivity contribution in [2.45, 2.75) is 45.3 Å². The van der Waals surface area contributed by atoms with Crippen LogP contribution in [-0.2, 0) is 0 Å². The summed E-state index contributed by atoms with van der Waals surface area (Å²) in [5.74, 6) is 0.143. The molecule has 0 aromatic heterocycles. The molecule has 1 N–H and O–H groups in total. The van der Waals surface area contributed by atoms with Crippen LogP contribution in [0.4, 0.5) is 14.5 Å². The van der Waals surface area contributed by atoms with Crippen LogP contribution in [0.2, 0.25) is 0 Å². The highest BCUT2D eigenvalue weighted by atomic mass is 32.1.